The van der Waals surface area contributed by atoms with Gasteiger partial charge in [-0.15, -0.1) is 0 Å². The number of aryl methyl sites for hydroxylation is 1. The zero-order valence-corrected chi connectivity index (χ0v) is 12.8. The number of halogens is 1. The molecule has 2 aromatic carbocycles. The molecule has 0 bridgehead atoms. The normalized spacial score (nSPS) is 11.9. The summed E-state index contributed by atoms with van der Waals surface area (Å²) in [4.78, 5) is 0.156. The summed E-state index contributed by atoms with van der Waals surface area (Å²) in [6, 6.07) is 11.6. The fraction of sp³-hybridized carbons (Fsp3) is 0.0667. The van der Waals surface area contributed by atoms with Gasteiger partial charge in [0.25, 0.3) is 10.0 Å². The Morgan fingerprint density at radius 3 is 2.57 bits per heavy atom. The van der Waals surface area contributed by atoms with E-state index < -0.39 is 10.0 Å². The van der Waals surface area contributed by atoms with E-state index in [9.17, 15) is 8.42 Å². The summed E-state index contributed by atoms with van der Waals surface area (Å²) in [6.45, 7) is 1.83. The largest absolute Gasteiger partial charge is 0.398 e. The van der Waals surface area contributed by atoms with E-state index in [-0.39, 0.29) is 4.90 Å². The maximum atomic E-state index is 12.7. The molecule has 0 fully saturated rings. The number of anilines is 1. The highest BCUT2D eigenvalue weighted by Gasteiger charge is 2.19. The lowest BCUT2D eigenvalue weighted by Gasteiger charge is -2.09. The van der Waals surface area contributed by atoms with Crippen molar-refractivity contribution in [3.63, 3.8) is 0 Å². The molecule has 1 heterocycles. The van der Waals surface area contributed by atoms with Crippen molar-refractivity contribution in [1.29, 1.82) is 0 Å². The molecule has 0 atom stereocenters. The number of hydrogen-bond acceptors (Lipinski definition) is 3. The second-order valence-corrected chi connectivity index (χ2v) is 7.09. The van der Waals surface area contributed by atoms with Crippen molar-refractivity contribution < 1.29 is 8.42 Å². The van der Waals surface area contributed by atoms with Gasteiger partial charge in [0.15, 0.2) is 0 Å². The Labute approximate surface area is 127 Å². The minimum atomic E-state index is -3.70. The molecule has 0 spiro atoms. The van der Waals surface area contributed by atoms with Crippen molar-refractivity contribution in [2.24, 2.45) is 0 Å². The van der Waals surface area contributed by atoms with Crippen LogP contribution in [0, 0.1) is 6.92 Å². The molecule has 2 N–H and O–H groups in total. The monoisotopic (exact) mass is 320 g/mol. The smallest absolute Gasteiger partial charge is 0.268 e. The molecule has 6 heteroatoms. The standard InChI is InChI=1S/C15H13ClN2O2S/c1-10-2-5-13(9-14(10)17)21(19,20)18-7-6-11-3-4-12(16)8-15(11)18/h2-9H,17H2,1H3. The number of rotatable bonds is 2. The molecule has 21 heavy (non-hydrogen) atoms. The van der Waals surface area contributed by atoms with Crippen LogP contribution in [0.25, 0.3) is 10.9 Å². The Morgan fingerprint density at radius 1 is 1.10 bits per heavy atom. The zero-order valence-electron chi connectivity index (χ0n) is 11.2. The first-order chi connectivity index (χ1) is 9.89. The molecule has 0 saturated heterocycles. The number of nitrogens with two attached hydrogens (primary N) is 1. The summed E-state index contributed by atoms with van der Waals surface area (Å²) in [6.07, 6.45) is 1.52. The molecule has 0 aliphatic heterocycles. The lowest BCUT2D eigenvalue weighted by atomic mass is 10.2. The van der Waals surface area contributed by atoms with Crippen LogP contribution in [-0.4, -0.2) is 12.4 Å². The van der Waals surface area contributed by atoms with E-state index in [1.54, 1.807) is 36.4 Å². The molecule has 0 aliphatic rings. The van der Waals surface area contributed by atoms with Gasteiger partial charge in [0, 0.05) is 22.3 Å². The Bertz CT molecular complexity index is 945. The van der Waals surface area contributed by atoms with Crippen LogP contribution in [0.2, 0.25) is 5.02 Å². The first-order valence-corrected chi connectivity index (χ1v) is 8.10. The van der Waals surface area contributed by atoms with Gasteiger partial charge >= 0.3 is 0 Å². The van der Waals surface area contributed by atoms with Gasteiger partial charge in [-0.1, -0.05) is 23.7 Å². The van der Waals surface area contributed by atoms with Gasteiger partial charge in [-0.05, 0) is 42.8 Å². The summed E-state index contributed by atoms with van der Waals surface area (Å²) in [5.74, 6) is 0. The highest BCUT2D eigenvalue weighted by atomic mass is 35.5. The predicted molar refractivity (Wildman–Crippen MR) is 85.1 cm³/mol. The average molecular weight is 321 g/mol. The van der Waals surface area contributed by atoms with Crippen LogP contribution in [0.5, 0.6) is 0 Å². The predicted octanol–water partition coefficient (Wildman–Crippen LogP) is 3.42. The van der Waals surface area contributed by atoms with Crippen molar-refractivity contribution in [3.05, 3.63) is 59.2 Å². The van der Waals surface area contributed by atoms with Crippen molar-refractivity contribution in [1.82, 2.24) is 3.97 Å². The Kier molecular flexibility index (Phi) is 3.19. The van der Waals surface area contributed by atoms with Gasteiger partial charge in [-0.2, -0.15) is 0 Å². The highest BCUT2D eigenvalue weighted by Crippen LogP contribution is 2.26. The number of aromatic nitrogens is 1. The lowest BCUT2D eigenvalue weighted by molar-refractivity contribution is 0.589. The van der Waals surface area contributed by atoms with Crippen LogP contribution >= 0.6 is 11.6 Å². The average Bonchev–Trinajstić information content (AvgIpc) is 2.85. The minimum absolute atomic E-state index is 0.156. The van der Waals surface area contributed by atoms with Gasteiger partial charge in [0.2, 0.25) is 0 Å². The van der Waals surface area contributed by atoms with E-state index in [1.807, 2.05) is 6.92 Å². The van der Waals surface area contributed by atoms with Crippen LogP contribution in [0.3, 0.4) is 0 Å². The van der Waals surface area contributed by atoms with Crippen molar-refractivity contribution >= 4 is 38.2 Å². The van der Waals surface area contributed by atoms with E-state index in [0.717, 1.165) is 10.9 Å². The summed E-state index contributed by atoms with van der Waals surface area (Å²) in [5.41, 5.74) is 7.65. The minimum Gasteiger partial charge on any atom is -0.398 e. The Morgan fingerprint density at radius 2 is 1.86 bits per heavy atom. The molecule has 0 amide bonds. The zero-order chi connectivity index (χ0) is 15.2. The van der Waals surface area contributed by atoms with Crippen LogP contribution in [-0.2, 0) is 10.0 Å². The lowest BCUT2D eigenvalue weighted by Crippen LogP contribution is -2.12. The molecule has 0 aliphatic carbocycles. The van der Waals surface area contributed by atoms with E-state index >= 15 is 0 Å². The maximum absolute atomic E-state index is 12.7. The van der Waals surface area contributed by atoms with Gasteiger partial charge in [0.05, 0.1) is 10.4 Å². The van der Waals surface area contributed by atoms with Crippen molar-refractivity contribution in [3.8, 4) is 0 Å². The van der Waals surface area contributed by atoms with Crippen molar-refractivity contribution in [2.75, 3.05) is 5.73 Å². The van der Waals surface area contributed by atoms with Crippen molar-refractivity contribution in [2.45, 2.75) is 11.8 Å². The second kappa shape index (κ2) is 4.79. The Balaban J connectivity index is 2.24. The number of nitrogens with zero attached hydrogens (tertiary/aromatic N) is 1. The Hall–Kier alpha value is -1.98. The first-order valence-electron chi connectivity index (χ1n) is 6.28. The highest BCUT2D eigenvalue weighted by molar-refractivity contribution is 7.90. The van der Waals surface area contributed by atoms with E-state index in [4.69, 9.17) is 17.3 Å². The van der Waals surface area contributed by atoms with Gasteiger partial charge in [-0.3, -0.25) is 0 Å². The number of benzene rings is 2. The van der Waals surface area contributed by atoms with E-state index in [1.165, 1.54) is 16.2 Å². The summed E-state index contributed by atoms with van der Waals surface area (Å²) >= 11 is 5.96. The molecule has 1 aromatic heterocycles. The SMILES string of the molecule is Cc1ccc(S(=O)(=O)n2ccc3ccc(Cl)cc32)cc1N. The number of fused-ring (bicyclic) bond motifs is 1. The first kappa shape index (κ1) is 14.0. The molecular weight excluding hydrogens is 308 g/mol. The summed E-state index contributed by atoms with van der Waals surface area (Å²) in [5, 5.41) is 1.30. The number of nitrogen functional groups attached to an aromatic ring is 1. The van der Waals surface area contributed by atoms with Gasteiger partial charge < -0.3 is 5.73 Å². The maximum Gasteiger partial charge on any atom is 0.268 e. The summed E-state index contributed by atoms with van der Waals surface area (Å²) < 4.78 is 26.7. The third kappa shape index (κ3) is 2.28. The molecule has 108 valence electrons. The molecule has 3 rings (SSSR count). The quantitative estimate of drug-likeness (QED) is 0.736. The fourth-order valence-electron chi connectivity index (χ4n) is 2.18. The van der Waals surface area contributed by atoms with Gasteiger partial charge in [0.1, 0.15) is 0 Å². The molecule has 0 radical (unpaired) electrons. The third-order valence-electron chi connectivity index (χ3n) is 3.43. The molecule has 0 unspecified atom stereocenters. The van der Waals surface area contributed by atoms with Gasteiger partial charge in [-0.25, -0.2) is 12.4 Å². The van der Waals surface area contributed by atoms with E-state index in [0.29, 0.717) is 16.2 Å². The van der Waals surface area contributed by atoms with Crippen LogP contribution in [0.1, 0.15) is 5.56 Å². The molecule has 4 nitrogen and oxygen atoms in total. The number of hydrogen-bond donors (Lipinski definition) is 1. The molecular formula is C15H13ClN2O2S. The fourth-order valence-corrected chi connectivity index (χ4v) is 3.73. The summed E-state index contributed by atoms with van der Waals surface area (Å²) in [7, 11) is -3.70. The van der Waals surface area contributed by atoms with Crippen LogP contribution in [0.4, 0.5) is 5.69 Å². The second-order valence-electron chi connectivity index (χ2n) is 4.84. The third-order valence-corrected chi connectivity index (χ3v) is 5.35. The molecule has 3 aromatic rings. The topological polar surface area (TPSA) is 65.1 Å². The molecule has 0 saturated carbocycles. The van der Waals surface area contributed by atoms with E-state index in [2.05, 4.69) is 0 Å². The van der Waals surface area contributed by atoms with Crippen LogP contribution < -0.4 is 5.73 Å². The van der Waals surface area contributed by atoms with Crippen LogP contribution in [0.15, 0.2) is 53.6 Å².